The number of Topliss-reactive ketones (excluding diaryl/α,β-unsaturated/α-hetero) is 1. The first-order valence-corrected chi connectivity index (χ1v) is 9.36. The minimum absolute atomic E-state index is 0.216. The van der Waals surface area contributed by atoms with Crippen LogP contribution < -0.4 is 0 Å². The Balaban J connectivity index is 2.21. The van der Waals surface area contributed by atoms with Gasteiger partial charge >= 0.3 is 0 Å². The number of fused-ring (bicyclic) bond motifs is 1. The van der Waals surface area contributed by atoms with Crippen molar-refractivity contribution in [2.24, 2.45) is 5.41 Å². The zero-order valence-corrected chi connectivity index (χ0v) is 11.6. The summed E-state index contributed by atoms with van der Waals surface area (Å²) >= 11 is 0. The number of allylic oxidation sites excluding steroid dienone is 4. The van der Waals surface area contributed by atoms with Gasteiger partial charge in [0.1, 0.15) is 5.78 Å². The van der Waals surface area contributed by atoms with Crippen LogP contribution in [0.5, 0.6) is 0 Å². The third-order valence-electron chi connectivity index (χ3n) is 3.39. The van der Waals surface area contributed by atoms with Crippen LogP contribution in [0.2, 0.25) is 19.6 Å². The van der Waals surface area contributed by atoms with Gasteiger partial charge in [0.15, 0.2) is 0 Å². The third kappa shape index (κ3) is 2.01. The van der Waals surface area contributed by atoms with Gasteiger partial charge in [-0.2, -0.15) is 0 Å². The molecule has 0 spiro atoms. The normalized spacial score (nSPS) is 29.6. The summed E-state index contributed by atoms with van der Waals surface area (Å²) in [7, 11) is -1.51. The van der Waals surface area contributed by atoms with E-state index in [4.69, 9.17) is 4.43 Å². The molecule has 0 bridgehead atoms. The van der Waals surface area contributed by atoms with Crippen molar-refractivity contribution in [3.8, 4) is 0 Å². The molecule has 0 heterocycles. The molecule has 0 radical (unpaired) electrons. The molecule has 0 fully saturated rings. The minimum Gasteiger partial charge on any atom is -0.547 e. The van der Waals surface area contributed by atoms with Crippen molar-refractivity contribution in [3.05, 3.63) is 23.5 Å². The van der Waals surface area contributed by atoms with Crippen molar-refractivity contribution >= 4 is 14.1 Å². The van der Waals surface area contributed by atoms with Crippen LogP contribution in [-0.2, 0) is 9.22 Å². The van der Waals surface area contributed by atoms with Crippen LogP contribution in [-0.4, -0.2) is 14.1 Å². The Morgan fingerprint density at radius 3 is 2.69 bits per heavy atom. The molecule has 3 heteroatoms. The van der Waals surface area contributed by atoms with E-state index in [9.17, 15) is 4.79 Å². The number of ketones is 1. The van der Waals surface area contributed by atoms with E-state index in [1.165, 1.54) is 5.57 Å². The summed E-state index contributed by atoms with van der Waals surface area (Å²) in [5, 5.41) is 0. The average Bonchev–Trinajstić information content (AvgIpc) is 2.42. The van der Waals surface area contributed by atoms with Crippen molar-refractivity contribution < 1.29 is 9.22 Å². The summed E-state index contributed by atoms with van der Waals surface area (Å²) in [6, 6.07) is 0. The number of carbonyl (C=O) groups is 1. The molecule has 0 aromatic rings. The molecule has 2 aliphatic rings. The zero-order chi connectivity index (χ0) is 12.0. The maximum atomic E-state index is 11.8. The molecule has 1 atom stereocenters. The van der Waals surface area contributed by atoms with Gasteiger partial charge in [-0.1, -0.05) is 6.08 Å². The lowest BCUT2D eigenvalue weighted by Crippen LogP contribution is -2.31. The summed E-state index contributed by atoms with van der Waals surface area (Å²) in [6.07, 6.45) is 6.59. The second-order valence-corrected chi connectivity index (χ2v) is 10.4. The van der Waals surface area contributed by atoms with Crippen molar-refractivity contribution in [2.45, 2.75) is 45.8 Å². The van der Waals surface area contributed by atoms with E-state index in [-0.39, 0.29) is 5.41 Å². The fourth-order valence-electron chi connectivity index (χ4n) is 2.41. The summed E-state index contributed by atoms with van der Waals surface area (Å²) in [6.45, 7) is 8.64. The predicted molar refractivity (Wildman–Crippen MR) is 67.6 cm³/mol. The highest BCUT2D eigenvalue weighted by Crippen LogP contribution is 2.45. The van der Waals surface area contributed by atoms with Crippen LogP contribution in [0.3, 0.4) is 0 Å². The fraction of sp³-hybridized carbons (Fsp3) is 0.615. The summed E-state index contributed by atoms with van der Waals surface area (Å²) in [4.78, 5) is 11.8. The quantitative estimate of drug-likeness (QED) is 0.687. The molecular formula is C13H20O2Si. The Hall–Kier alpha value is -0.833. The topological polar surface area (TPSA) is 26.3 Å². The van der Waals surface area contributed by atoms with Gasteiger partial charge in [0, 0.05) is 12.8 Å². The lowest BCUT2D eigenvalue weighted by molar-refractivity contribution is -0.124. The first kappa shape index (κ1) is 11.6. The van der Waals surface area contributed by atoms with E-state index in [2.05, 4.69) is 38.7 Å². The molecule has 2 nitrogen and oxygen atoms in total. The van der Waals surface area contributed by atoms with Crippen molar-refractivity contribution in [3.63, 3.8) is 0 Å². The zero-order valence-electron chi connectivity index (χ0n) is 10.6. The predicted octanol–water partition coefficient (Wildman–Crippen LogP) is 3.42. The van der Waals surface area contributed by atoms with Crippen molar-refractivity contribution in [2.75, 3.05) is 0 Å². The molecule has 0 N–H and O–H groups in total. The summed E-state index contributed by atoms with van der Waals surface area (Å²) < 4.78 is 6.01. The van der Waals surface area contributed by atoms with Crippen molar-refractivity contribution in [1.82, 2.24) is 0 Å². The fourth-order valence-corrected chi connectivity index (χ4v) is 3.36. The van der Waals surface area contributed by atoms with E-state index in [1.807, 2.05) is 0 Å². The van der Waals surface area contributed by atoms with Crippen LogP contribution >= 0.6 is 0 Å². The van der Waals surface area contributed by atoms with Crippen LogP contribution in [0, 0.1) is 5.41 Å². The lowest BCUT2D eigenvalue weighted by Gasteiger charge is -2.32. The highest BCUT2D eigenvalue weighted by Gasteiger charge is 2.41. The van der Waals surface area contributed by atoms with Gasteiger partial charge in [-0.05, 0) is 44.6 Å². The molecule has 0 aliphatic heterocycles. The molecule has 2 rings (SSSR count). The van der Waals surface area contributed by atoms with E-state index in [0.717, 1.165) is 18.6 Å². The van der Waals surface area contributed by atoms with E-state index >= 15 is 0 Å². The molecule has 0 saturated heterocycles. The monoisotopic (exact) mass is 236 g/mol. The molecule has 0 saturated carbocycles. The Kier molecular flexibility index (Phi) is 2.61. The largest absolute Gasteiger partial charge is 0.547 e. The Labute approximate surface area is 98.5 Å². The van der Waals surface area contributed by atoms with Crippen LogP contribution in [0.15, 0.2) is 23.5 Å². The minimum atomic E-state index is -1.51. The Bertz CT molecular complexity index is 387. The third-order valence-corrected chi connectivity index (χ3v) is 4.26. The maximum absolute atomic E-state index is 11.8. The molecule has 0 unspecified atom stereocenters. The molecule has 16 heavy (non-hydrogen) atoms. The molecule has 88 valence electrons. The molecular weight excluding hydrogens is 216 g/mol. The first-order valence-electron chi connectivity index (χ1n) is 5.95. The molecule has 0 amide bonds. The number of carbonyl (C=O) groups excluding carboxylic acids is 1. The van der Waals surface area contributed by atoms with E-state index in [0.29, 0.717) is 12.2 Å². The summed E-state index contributed by atoms with van der Waals surface area (Å²) in [5.41, 5.74) is 0.962. The molecule has 0 aromatic heterocycles. The van der Waals surface area contributed by atoms with Gasteiger partial charge in [-0.3, -0.25) is 4.79 Å². The van der Waals surface area contributed by atoms with Gasteiger partial charge in [0.25, 0.3) is 0 Å². The average molecular weight is 236 g/mol. The van der Waals surface area contributed by atoms with Crippen LogP contribution in [0.25, 0.3) is 0 Å². The van der Waals surface area contributed by atoms with Gasteiger partial charge in [-0.25, -0.2) is 0 Å². The van der Waals surface area contributed by atoms with E-state index in [1.54, 1.807) is 0 Å². The smallest absolute Gasteiger partial charge is 0.241 e. The second kappa shape index (κ2) is 3.59. The standard InChI is InChI=1S/C13H20O2Si/c1-13-8-7-11(15-16(2,3)4)9-10(13)5-6-12(13)14/h5,9H,6-8H2,1-4H3/t13-/m0/s1. The number of rotatable bonds is 2. The number of hydrogen-bond donors (Lipinski definition) is 0. The van der Waals surface area contributed by atoms with Gasteiger partial charge < -0.3 is 4.43 Å². The number of hydrogen-bond acceptors (Lipinski definition) is 2. The summed E-state index contributed by atoms with van der Waals surface area (Å²) in [5.74, 6) is 1.45. The highest BCUT2D eigenvalue weighted by molar-refractivity contribution is 6.70. The Morgan fingerprint density at radius 1 is 1.38 bits per heavy atom. The van der Waals surface area contributed by atoms with Gasteiger partial charge in [-0.15, -0.1) is 0 Å². The van der Waals surface area contributed by atoms with Crippen molar-refractivity contribution in [1.29, 1.82) is 0 Å². The SMILES string of the molecule is C[C@]12CCC(O[Si](C)(C)C)=CC1=CCC2=O. The van der Waals surface area contributed by atoms with Crippen LogP contribution in [0.1, 0.15) is 26.2 Å². The van der Waals surface area contributed by atoms with E-state index < -0.39 is 8.32 Å². The van der Waals surface area contributed by atoms with Gasteiger partial charge in [0.05, 0.1) is 11.2 Å². The molecule has 2 aliphatic carbocycles. The van der Waals surface area contributed by atoms with Gasteiger partial charge in [0.2, 0.25) is 8.32 Å². The lowest BCUT2D eigenvalue weighted by atomic mass is 9.75. The first-order chi connectivity index (χ1) is 7.31. The highest BCUT2D eigenvalue weighted by atomic mass is 28.4. The Morgan fingerprint density at radius 2 is 2.06 bits per heavy atom. The second-order valence-electron chi connectivity index (χ2n) is 5.94. The molecule has 0 aromatic carbocycles. The maximum Gasteiger partial charge on any atom is 0.241 e. The van der Waals surface area contributed by atoms with Crippen LogP contribution in [0.4, 0.5) is 0 Å².